The molecule has 4 rings (SSSR count). The van der Waals surface area contributed by atoms with E-state index in [2.05, 4.69) is 15.8 Å². The highest BCUT2D eigenvalue weighted by Crippen LogP contribution is 2.39. The number of hydrazone groups is 1. The molecule has 0 fully saturated rings. The number of nitrogens with zero attached hydrogens (tertiary/aromatic N) is 1. The second kappa shape index (κ2) is 11.6. The molecule has 3 aromatic rings. The number of anilines is 1. The van der Waals surface area contributed by atoms with Crippen molar-refractivity contribution in [2.75, 3.05) is 11.9 Å². The minimum absolute atomic E-state index is 0.202. The van der Waals surface area contributed by atoms with Crippen molar-refractivity contribution < 1.29 is 28.7 Å². The number of hydrogen-bond acceptors (Lipinski definition) is 8. The zero-order valence-corrected chi connectivity index (χ0v) is 21.1. The van der Waals surface area contributed by atoms with Crippen LogP contribution < -0.4 is 15.5 Å². The summed E-state index contributed by atoms with van der Waals surface area (Å²) in [7, 11) is 0. The van der Waals surface area contributed by atoms with E-state index in [1.54, 1.807) is 49.4 Å². The van der Waals surface area contributed by atoms with Crippen molar-refractivity contribution in [3.8, 4) is 5.75 Å². The van der Waals surface area contributed by atoms with E-state index >= 15 is 0 Å². The Labute approximate surface area is 217 Å². The third-order valence-corrected chi connectivity index (χ3v) is 6.79. The normalized spacial score (nSPS) is 12.2. The Kier molecular flexibility index (Phi) is 8.09. The molecule has 2 aromatic carbocycles. The van der Waals surface area contributed by atoms with Gasteiger partial charge in [-0.25, -0.2) is 15.0 Å². The van der Waals surface area contributed by atoms with Gasteiger partial charge in [0.15, 0.2) is 0 Å². The third kappa shape index (κ3) is 6.10. The first-order valence-corrected chi connectivity index (χ1v) is 12.5. The van der Waals surface area contributed by atoms with Crippen molar-refractivity contribution in [1.29, 1.82) is 0 Å². The maximum Gasteiger partial charge on any atom is 0.343 e. The van der Waals surface area contributed by atoms with Crippen LogP contribution >= 0.6 is 11.3 Å². The number of rotatable bonds is 7. The van der Waals surface area contributed by atoms with Gasteiger partial charge in [-0.05, 0) is 62.9 Å². The molecule has 0 bridgehead atoms. The fraction of sp³-hybridized carbons (Fsp3) is 0.222. The van der Waals surface area contributed by atoms with Crippen molar-refractivity contribution in [1.82, 2.24) is 5.43 Å². The minimum Gasteiger partial charge on any atom is -0.462 e. The highest BCUT2D eigenvalue weighted by molar-refractivity contribution is 7.17. The lowest BCUT2D eigenvalue weighted by molar-refractivity contribution is -0.136. The van der Waals surface area contributed by atoms with Crippen LogP contribution in [0.1, 0.15) is 55.6 Å². The first-order chi connectivity index (χ1) is 17.9. The summed E-state index contributed by atoms with van der Waals surface area (Å²) in [6, 6.07) is 13.7. The average molecular weight is 520 g/mol. The molecular formula is C27H25N3O6S. The number of aryl methyl sites for hydroxylation is 2. The predicted octanol–water partition coefficient (Wildman–Crippen LogP) is 4.03. The van der Waals surface area contributed by atoms with Crippen LogP contribution in [-0.2, 0) is 27.2 Å². The summed E-state index contributed by atoms with van der Waals surface area (Å²) in [5, 5.41) is 6.63. The Bertz CT molecular complexity index is 1390. The van der Waals surface area contributed by atoms with Crippen molar-refractivity contribution in [2.45, 2.75) is 33.1 Å². The molecule has 0 radical (unpaired) electrons. The molecule has 0 spiro atoms. The minimum atomic E-state index is -1.02. The fourth-order valence-corrected chi connectivity index (χ4v) is 5.17. The van der Waals surface area contributed by atoms with E-state index in [1.165, 1.54) is 17.6 Å². The lowest BCUT2D eigenvalue weighted by atomic mass is 10.1. The summed E-state index contributed by atoms with van der Waals surface area (Å²) >= 11 is 1.28. The summed E-state index contributed by atoms with van der Waals surface area (Å²) in [5.41, 5.74) is 5.09. The Hall–Kier alpha value is -4.31. The molecule has 0 unspecified atom stereocenters. The van der Waals surface area contributed by atoms with Crippen molar-refractivity contribution in [3.63, 3.8) is 0 Å². The van der Waals surface area contributed by atoms with Gasteiger partial charge >= 0.3 is 23.8 Å². The highest BCUT2D eigenvalue weighted by atomic mass is 32.1. The van der Waals surface area contributed by atoms with Gasteiger partial charge in [0.1, 0.15) is 10.8 Å². The van der Waals surface area contributed by atoms with E-state index in [4.69, 9.17) is 9.47 Å². The summed E-state index contributed by atoms with van der Waals surface area (Å²) in [6.07, 6.45) is 3.74. The monoisotopic (exact) mass is 519 g/mol. The van der Waals surface area contributed by atoms with E-state index < -0.39 is 23.8 Å². The number of carbonyl (C=O) groups excluding carboxylic acids is 4. The van der Waals surface area contributed by atoms with Crippen LogP contribution in [0.15, 0.2) is 53.6 Å². The van der Waals surface area contributed by atoms with Crippen molar-refractivity contribution >= 4 is 46.3 Å². The molecule has 0 atom stereocenters. The average Bonchev–Trinajstić information content (AvgIpc) is 3.46. The number of benzene rings is 2. The molecule has 9 nitrogen and oxygen atoms in total. The summed E-state index contributed by atoms with van der Waals surface area (Å²) < 4.78 is 10.6. The maximum absolute atomic E-state index is 12.5. The Morgan fingerprint density at radius 3 is 2.62 bits per heavy atom. The maximum atomic E-state index is 12.5. The first kappa shape index (κ1) is 25.8. The van der Waals surface area contributed by atoms with Gasteiger partial charge in [-0.15, -0.1) is 11.3 Å². The standard InChI is InChI=1S/C27H25N3O6S/c1-3-35-27(34)22-19-11-7-13-21(19)37-25(22)29-23(31)24(32)30-28-15-18-9-4-5-12-20(18)36-26(33)17-10-6-8-16(2)14-17/h4-6,8-10,12,14-15H,3,7,11,13H2,1-2H3,(H,29,31)(H,30,32). The number of amides is 2. The molecule has 0 saturated carbocycles. The number of fused-ring (bicyclic) bond motifs is 1. The smallest absolute Gasteiger partial charge is 0.343 e. The quantitative estimate of drug-likeness (QED) is 0.160. The summed E-state index contributed by atoms with van der Waals surface area (Å²) in [5.74, 6) is -2.81. The number of hydrogen-bond donors (Lipinski definition) is 2. The van der Waals surface area contributed by atoms with Gasteiger partial charge in [0.2, 0.25) is 0 Å². The van der Waals surface area contributed by atoms with Gasteiger partial charge < -0.3 is 14.8 Å². The molecule has 37 heavy (non-hydrogen) atoms. The number of thiophene rings is 1. The van der Waals surface area contributed by atoms with E-state index in [0.29, 0.717) is 21.7 Å². The van der Waals surface area contributed by atoms with E-state index in [1.807, 2.05) is 13.0 Å². The van der Waals surface area contributed by atoms with Crippen LogP contribution in [0.3, 0.4) is 0 Å². The molecule has 0 saturated heterocycles. The molecule has 1 heterocycles. The molecule has 2 amide bonds. The predicted molar refractivity (Wildman–Crippen MR) is 139 cm³/mol. The molecule has 190 valence electrons. The van der Waals surface area contributed by atoms with Gasteiger partial charge in [0, 0.05) is 10.4 Å². The molecule has 0 aliphatic heterocycles. The highest BCUT2D eigenvalue weighted by Gasteiger charge is 2.29. The molecule has 1 aliphatic rings. The van der Waals surface area contributed by atoms with Gasteiger partial charge in [0.25, 0.3) is 0 Å². The van der Waals surface area contributed by atoms with Crippen molar-refractivity contribution in [3.05, 3.63) is 81.2 Å². The Morgan fingerprint density at radius 2 is 1.84 bits per heavy atom. The van der Waals surface area contributed by atoms with E-state index in [9.17, 15) is 19.2 Å². The van der Waals surface area contributed by atoms with Gasteiger partial charge in [-0.3, -0.25) is 9.59 Å². The lowest BCUT2D eigenvalue weighted by Gasteiger charge is -2.08. The van der Waals surface area contributed by atoms with Crippen LogP contribution in [0.5, 0.6) is 5.75 Å². The number of para-hydroxylation sites is 1. The van der Waals surface area contributed by atoms with Crippen LogP contribution in [0.25, 0.3) is 0 Å². The number of esters is 2. The molecular weight excluding hydrogens is 494 g/mol. The topological polar surface area (TPSA) is 123 Å². The van der Waals surface area contributed by atoms with Gasteiger partial charge in [-0.2, -0.15) is 5.10 Å². The Balaban J connectivity index is 1.41. The SMILES string of the molecule is CCOC(=O)c1c(NC(=O)C(=O)NN=Cc2ccccc2OC(=O)c2cccc(C)c2)sc2c1CCC2. The second-order valence-electron chi connectivity index (χ2n) is 8.23. The fourth-order valence-electron chi connectivity index (χ4n) is 3.89. The van der Waals surface area contributed by atoms with E-state index in [0.717, 1.165) is 35.3 Å². The summed E-state index contributed by atoms with van der Waals surface area (Å²) in [4.78, 5) is 50.8. The molecule has 10 heteroatoms. The molecule has 1 aromatic heterocycles. The molecule has 2 N–H and O–H groups in total. The largest absolute Gasteiger partial charge is 0.462 e. The number of ether oxygens (including phenoxy) is 2. The van der Waals surface area contributed by atoms with Crippen LogP contribution in [-0.4, -0.2) is 36.6 Å². The first-order valence-electron chi connectivity index (χ1n) is 11.7. The second-order valence-corrected chi connectivity index (χ2v) is 9.34. The Morgan fingerprint density at radius 1 is 1.03 bits per heavy atom. The van der Waals surface area contributed by atoms with Gasteiger partial charge in [0.05, 0.1) is 23.9 Å². The zero-order chi connectivity index (χ0) is 26.4. The zero-order valence-electron chi connectivity index (χ0n) is 20.3. The lowest BCUT2D eigenvalue weighted by Crippen LogP contribution is -2.32. The van der Waals surface area contributed by atoms with E-state index in [-0.39, 0.29) is 12.4 Å². The third-order valence-electron chi connectivity index (χ3n) is 5.58. The number of nitrogens with one attached hydrogen (secondary N) is 2. The molecule has 1 aliphatic carbocycles. The van der Waals surface area contributed by atoms with Crippen LogP contribution in [0.4, 0.5) is 5.00 Å². The number of carbonyl (C=O) groups is 4. The van der Waals surface area contributed by atoms with Crippen LogP contribution in [0.2, 0.25) is 0 Å². The van der Waals surface area contributed by atoms with Crippen molar-refractivity contribution in [2.24, 2.45) is 5.10 Å². The van der Waals surface area contributed by atoms with Crippen LogP contribution in [0, 0.1) is 6.92 Å². The van der Waals surface area contributed by atoms with Gasteiger partial charge in [-0.1, -0.05) is 29.8 Å². The summed E-state index contributed by atoms with van der Waals surface area (Å²) in [6.45, 7) is 3.78.